The second-order valence-corrected chi connectivity index (χ2v) is 6.16. The summed E-state index contributed by atoms with van der Waals surface area (Å²) in [5.41, 5.74) is 1.03. The zero-order valence-corrected chi connectivity index (χ0v) is 15.2. The molecule has 0 heterocycles. The van der Waals surface area contributed by atoms with Gasteiger partial charge in [0.05, 0.1) is 34.0 Å². The van der Waals surface area contributed by atoms with Gasteiger partial charge in [-0.15, -0.1) is 0 Å². The quantitative estimate of drug-likeness (QED) is 0.517. The van der Waals surface area contributed by atoms with Crippen LogP contribution < -0.4 is 10.6 Å². The van der Waals surface area contributed by atoms with Crippen molar-refractivity contribution >= 4 is 60.0 Å². The fraction of sp³-hybridized carbons (Fsp3) is 0.111. The molecule has 0 aromatic heterocycles. The summed E-state index contributed by atoms with van der Waals surface area (Å²) in [6, 6.07) is 9.39. The standard InChI is InChI=1S/C18H14N2O4S2/c21-13(7-25)19-11-5-6-12(20-14(22)8-26)16-15(11)17(23)9-3-1-2-4-10(9)18(16)24/h1-6,25-26H,7-8H2,(H,19,21)(H,20,22). The lowest BCUT2D eigenvalue weighted by Gasteiger charge is -2.23. The molecule has 0 saturated carbocycles. The minimum absolute atomic E-state index is 0.0563. The van der Waals surface area contributed by atoms with E-state index >= 15 is 0 Å². The first-order chi connectivity index (χ1) is 12.5. The minimum atomic E-state index is -0.415. The number of carbonyl (C=O) groups excluding carboxylic acids is 4. The molecule has 0 unspecified atom stereocenters. The Bertz CT molecular complexity index is 880. The normalized spacial score (nSPS) is 12.2. The first-order valence-electron chi connectivity index (χ1n) is 7.64. The Balaban J connectivity index is 2.23. The van der Waals surface area contributed by atoms with Crippen molar-refractivity contribution in [3.05, 3.63) is 58.7 Å². The van der Waals surface area contributed by atoms with E-state index in [-0.39, 0.29) is 45.1 Å². The van der Waals surface area contributed by atoms with Crippen LogP contribution in [0.4, 0.5) is 11.4 Å². The lowest BCUT2D eigenvalue weighted by molar-refractivity contribution is -0.114. The van der Waals surface area contributed by atoms with Crippen LogP contribution in [-0.4, -0.2) is 34.9 Å². The molecule has 6 nitrogen and oxygen atoms in total. The van der Waals surface area contributed by atoms with Crippen molar-refractivity contribution in [3.63, 3.8) is 0 Å². The molecule has 0 spiro atoms. The molecule has 8 heteroatoms. The SMILES string of the molecule is O=C(CS)Nc1ccc(NC(=O)CS)c2c1C(=O)c1ccccc1C2=O. The van der Waals surface area contributed by atoms with Crippen molar-refractivity contribution in [2.45, 2.75) is 0 Å². The Morgan fingerprint density at radius 3 is 1.46 bits per heavy atom. The van der Waals surface area contributed by atoms with Crippen molar-refractivity contribution in [2.24, 2.45) is 0 Å². The van der Waals surface area contributed by atoms with Crippen LogP contribution in [0.1, 0.15) is 31.8 Å². The molecule has 1 aliphatic rings. The third-order valence-corrected chi connectivity index (χ3v) is 4.49. The molecule has 2 amide bonds. The van der Waals surface area contributed by atoms with Crippen LogP contribution >= 0.6 is 25.3 Å². The molecule has 2 N–H and O–H groups in total. The second kappa shape index (κ2) is 7.35. The van der Waals surface area contributed by atoms with E-state index in [2.05, 4.69) is 35.9 Å². The van der Waals surface area contributed by atoms with Crippen molar-refractivity contribution in [1.82, 2.24) is 0 Å². The number of carbonyl (C=O) groups is 4. The third kappa shape index (κ3) is 3.13. The van der Waals surface area contributed by atoms with E-state index in [1.54, 1.807) is 24.3 Å². The van der Waals surface area contributed by atoms with Gasteiger partial charge in [-0.1, -0.05) is 24.3 Å². The second-order valence-electron chi connectivity index (χ2n) is 5.53. The summed E-state index contributed by atoms with van der Waals surface area (Å²) in [4.78, 5) is 49.5. The Labute approximate surface area is 160 Å². The number of hydrogen-bond donors (Lipinski definition) is 4. The lowest BCUT2D eigenvalue weighted by Crippen LogP contribution is -2.26. The Morgan fingerprint density at radius 1 is 0.731 bits per heavy atom. The summed E-state index contributed by atoms with van der Waals surface area (Å²) in [5.74, 6) is -1.78. The third-order valence-electron chi connectivity index (χ3n) is 3.91. The number of amides is 2. The highest BCUT2D eigenvalue weighted by atomic mass is 32.1. The van der Waals surface area contributed by atoms with Gasteiger partial charge in [0.2, 0.25) is 11.8 Å². The zero-order valence-electron chi connectivity index (χ0n) is 13.4. The van der Waals surface area contributed by atoms with Gasteiger partial charge in [0.25, 0.3) is 0 Å². The Morgan fingerprint density at radius 2 is 1.12 bits per heavy atom. The number of anilines is 2. The average Bonchev–Trinajstić information content (AvgIpc) is 2.66. The zero-order chi connectivity index (χ0) is 18.8. The van der Waals surface area contributed by atoms with Crippen LogP contribution in [0.3, 0.4) is 0 Å². The first-order valence-corrected chi connectivity index (χ1v) is 8.91. The maximum absolute atomic E-state index is 13.0. The van der Waals surface area contributed by atoms with Gasteiger partial charge in [-0.2, -0.15) is 25.3 Å². The van der Waals surface area contributed by atoms with E-state index in [4.69, 9.17) is 0 Å². The first kappa shape index (κ1) is 18.2. The van der Waals surface area contributed by atoms with Gasteiger partial charge in [-0.05, 0) is 12.1 Å². The molecule has 0 saturated heterocycles. The average molecular weight is 386 g/mol. The predicted molar refractivity (Wildman–Crippen MR) is 105 cm³/mol. The van der Waals surface area contributed by atoms with Gasteiger partial charge in [0.15, 0.2) is 11.6 Å². The summed E-state index contributed by atoms with van der Waals surface area (Å²) in [7, 11) is 0. The largest absolute Gasteiger partial charge is 0.325 e. The smallest absolute Gasteiger partial charge is 0.234 e. The monoisotopic (exact) mass is 386 g/mol. The molecule has 0 atom stereocenters. The number of hydrogen-bond acceptors (Lipinski definition) is 6. The predicted octanol–water partition coefficient (Wildman–Crippen LogP) is 2.20. The highest BCUT2D eigenvalue weighted by Crippen LogP contribution is 2.36. The van der Waals surface area contributed by atoms with Crippen molar-refractivity contribution in [2.75, 3.05) is 22.1 Å². The number of nitrogens with one attached hydrogen (secondary N) is 2. The number of benzene rings is 2. The van der Waals surface area contributed by atoms with Crippen molar-refractivity contribution in [3.8, 4) is 0 Å². The molecule has 26 heavy (non-hydrogen) atoms. The lowest BCUT2D eigenvalue weighted by atomic mass is 9.82. The maximum atomic E-state index is 13.0. The van der Waals surface area contributed by atoms with E-state index in [1.165, 1.54) is 12.1 Å². The number of fused-ring (bicyclic) bond motifs is 2. The Hall–Kier alpha value is -2.58. The summed E-state index contributed by atoms with van der Waals surface area (Å²) >= 11 is 7.81. The van der Waals surface area contributed by atoms with Crippen LogP contribution in [-0.2, 0) is 9.59 Å². The summed E-state index contributed by atoms with van der Waals surface area (Å²) in [6.07, 6.45) is 0. The Kier molecular flexibility index (Phi) is 5.15. The van der Waals surface area contributed by atoms with E-state index in [9.17, 15) is 19.2 Å². The summed E-state index contributed by atoms with van der Waals surface area (Å²) < 4.78 is 0. The highest BCUT2D eigenvalue weighted by molar-refractivity contribution is 7.81. The van der Waals surface area contributed by atoms with E-state index in [0.717, 1.165) is 0 Å². The van der Waals surface area contributed by atoms with Gasteiger partial charge in [0.1, 0.15) is 0 Å². The molecule has 0 aliphatic heterocycles. The van der Waals surface area contributed by atoms with Gasteiger partial charge in [-0.25, -0.2) is 0 Å². The van der Waals surface area contributed by atoms with Crippen LogP contribution in [0, 0.1) is 0 Å². The molecule has 0 radical (unpaired) electrons. The van der Waals surface area contributed by atoms with Gasteiger partial charge >= 0.3 is 0 Å². The molecule has 0 fully saturated rings. The summed E-state index contributed by atoms with van der Waals surface area (Å²) in [5, 5.41) is 5.16. The van der Waals surface area contributed by atoms with Gasteiger partial charge < -0.3 is 10.6 Å². The van der Waals surface area contributed by atoms with E-state index < -0.39 is 23.4 Å². The van der Waals surface area contributed by atoms with Gasteiger partial charge in [-0.3, -0.25) is 19.2 Å². The molecule has 0 bridgehead atoms. The van der Waals surface area contributed by atoms with Gasteiger partial charge in [0, 0.05) is 11.1 Å². The van der Waals surface area contributed by atoms with Crippen molar-refractivity contribution in [1.29, 1.82) is 0 Å². The number of rotatable bonds is 4. The number of thiol groups is 2. The molecular weight excluding hydrogens is 372 g/mol. The molecule has 2 aromatic rings. The molecule has 2 aromatic carbocycles. The number of ketones is 2. The topological polar surface area (TPSA) is 92.3 Å². The van der Waals surface area contributed by atoms with Crippen LogP contribution in [0.5, 0.6) is 0 Å². The molecule has 132 valence electrons. The van der Waals surface area contributed by atoms with Crippen LogP contribution in [0.15, 0.2) is 36.4 Å². The minimum Gasteiger partial charge on any atom is -0.325 e. The fourth-order valence-corrected chi connectivity index (χ4v) is 2.97. The van der Waals surface area contributed by atoms with Crippen molar-refractivity contribution < 1.29 is 19.2 Å². The van der Waals surface area contributed by atoms with E-state index in [0.29, 0.717) is 0 Å². The fourth-order valence-electron chi connectivity index (χ4n) is 2.81. The molecule has 3 rings (SSSR count). The van der Waals surface area contributed by atoms with Crippen LogP contribution in [0.25, 0.3) is 0 Å². The highest BCUT2D eigenvalue weighted by Gasteiger charge is 2.34. The maximum Gasteiger partial charge on any atom is 0.234 e. The van der Waals surface area contributed by atoms with E-state index in [1.807, 2.05) is 0 Å². The van der Waals surface area contributed by atoms with Crippen LogP contribution in [0.2, 0.25) is 0 Å². The molecule has 1 aliphatic carbocycles. The molecular formula is C18H14N2O4S2. The summed E-state index contributed by atoms with van der Waals surface area (Å²) in [6.45, 7) is 0.